The van der Waals surface area contributed by atoms with Gasteiger partial charge in [-0.2, -0.15) is 0 Å². The average Bonchev–Trinajstić information content (AvgIpc) is 3.57. The molecule has 0 aliphatic carbocycles. The van der Waals surface area contributed by atoms with E-state index in [1.54, 1.807) is 6.20 Å². The van der Waals surface area contributed by atoms with Crippen LogP contribution in [-0.4, -0.2) is 33.6 Å². The summed E-state index contributed by atoms with van der Waals surface area (Å²) < 4.78 is 6.17. The molecule has 7 nitrogen and oxygen atoms in total. The second-order valence-electron chi connectivity index (χ2n) is 7.99. The quantitative estimate of drug-likeness (QED) is 0.395. The summed E-state index contributed by atoms with van der Waals surface area (Å²) in [5.74, 6) is 1.67. The molecule has 33 heavy (non-hydrogen) atoms. The molecule has 0 fully saturated rings. The number of hydrogen-bond acceptors (Lipinski definition) is 4. The van der Waals surface area contributed by atoms with Gasteiger partial charge in [0.1, 0.15) is 17.2 Å². The lowest BCUT2D eigenvalue weighted by molar-refractivity contribution is 0.919. The van der Waals surface area contributed by atoms with Gasteiger partial charge in [0.2, 0.25) is 0 Å². The second-order valence-corrected chi connectivity index (χ2v) is 7.99. The maximum Gasteiger partial charge on any atom is 0.160 e. The summed E-state index contributed by atoms with van der Waals surface area (Å²) in [6.07, 6.45) is 11.4. The maximum atomic E-state index is 4.97. The molecule has 6 aromatic rings. The van der Waals surface area contributed by atoms with Crippen LogP contribution in [0.3, 0.4) is 0 Å². The van der Waals surface area contributed by atoms with Gasteiger partial charge in [-0.05, 0) is 61.5 Å². The number of pyridine rings is 2. The predicted molar refractivity (Wildman–Crippen MR) is 128 cm³/mol. The Morgan fingerprint density at radius 3 is 2.39 bits per heavy atom. The first kappa shape index (κ1) is 19.2. The molecule has 0 aliphatic rings. The van der Waals surface area contributed by atoms with E-state index in [4.69, 9.17) is 4.98 Å². The molecule has 5 heterocycles. The Morgan fingerprint density at radius 1 is 0.727 bits per heavy atom. The molecule has 0 amide bonds. The highest BCUT2D eigenvalue weighted by Gasteiger charge is 2.16. The van der Waals surface area contributed by atoms with E-state index in [0.717, 1.165) is 51.0 Å². The van der Waals surface area contributed by atoms with Crippen molar-refractivity contribution in [3.63, 3.8) is 0 Å². The fourth-order valence-electron chi connectivity index (χ4n) is 4.13. The van der Waals surface area contributed by atoms with Crippen molar-refractivity contribution in [3.05, 3.63) is 97.5 Å². The summed E-state index contributed by atoms with van der Waals surface area (Å²) >= 11 is 0. The highest BCUT2D eigenvalue weighted by molar-refractivity contribution is 5.78. The summed E-state index contributed by atoms with van der Waals surface area (Å²) in [6, 6.07) is 18.5. The molecule has 0 N–H and O–H groups in total. The monoisotopic (exact) mass is 431 g/mol. The first-order chi connectivity index (χ1) is 16.2. The number of nitrogens with zero attached hydrogens (tertiary/aromatic N) is 7. The number of aromatic nitrogens is 7. The standard InChI is InChI=1S/C26H21N7/c1-18-16-22(9-12-27-18)33-17-23(26-29-13-15-31(26)2)30-25(33)20-5-7-21(8-6-20)32-14-10-19-4-3-11-28-24(19)32/h3-17H,1-2H3. The van der Waals surface area contributed by atoms with Gasteiger partial charge in [-0.25, -0.2) is 15.0 Å². The summed E-state index contributed by atoms with van der Waals surface area (Å²) in [5.41, 5.74) is 5.78. The molecule has 0 saturated heterocycles. The zero-order valence-corrected chi connectivity index (χ0v) is 18.3. The third-order valence-electron chi connectivity index (χ3n) is 5.77. The Morgan fingerprint density at radius 2 is 1.61 bits per heavy atom. The van der Waals surface area contributed by atoms with E-state index in [1.807, 2.05) is 61.7 Å². The van der Waals surface area contributed by atoms with Crippen LogP contribution in [0.15, 0.2) is 91.8 Å². The lowest BCUT2D eigenvalue weighted by Gasteiger charge is -2.10. The summed E-state index contributed by atoms with van der Waals surface area (Å²) in [7, 11) is 1.97. The number of imidazole rings is 2. The largest absolute Gasteiger partial charge is 0.333 e. The molecular formula is C26H21N7. The van der Waals surface area contributed by atoms with Crippen molar-refractivity contribution in [1.29, 1.82) is 0 Å². The Labute approximate surface area is 190 Å². The molecule has 7 heteroatoms. The number of hydrogen-bond donors (Lipinski definition) is 0. The van der Waals surface area contributed by atoms with Crippen molar-refractivity contribution < 1.29 is 0 Å². The van der Waals surface area contributed by atoms with Crippen molar-refractivity contribution in [3.8, 4) is 34.3 Å². The van der Waals surface area contributed by atoms with Gasteiger partial charge in [0.05, 0.1) is 5.69 Å². The van der Waals surface area contributed by atoms with Crippen LogP contribution in [0, 0.1) is 6.92 Å². The first-order valence-electron chi connectivity index (χ1n) is 10.7. The van der Waals surface area contributed by atoms with Crippen molar-refractivity contribution in [2.45, 2.75) is 6.92 Å². The number of benzene rings is 1. The highest BCUT2D eigenvalue weighted by Crippen LogP contribution is 2.28. The van der Waals surface area contributed by atoms with Crippen LogP contribution < -0.4 is 0 Å². The molecule has 0 atom stereocenters. The smallest absolute Gasteiger partial charge is 0.160 e. The average molecular weight is 432 g/mol. The van der Waals surface area contributed by atoms with E-state index in [9.17, 15) is 0 Å². The Kier molecular flexibility index (Phi) is 4.40. The lowest BCUT2D eigenvalue weighted by Crippen LogP contribution is -1.98. The topological polar surface area (TPSA) is 66.3 Å². The van der Waals surface area contributed by atoms with E-state index >= 15 is 0 Å². The van der Waals surface area contributed by atoms with Crippen LogP contribution in [0.5, 0.6) is 0 Å². The van der Waals surface area contributed by atoms with E-state index in [1.165, 1.54) is 0 Å². The normalized spacial score (nSPS) is 11.3. The first-order valence-corrected chi connectivity index (χ1v) is 10.7. The summed E-state index contributed by atoms with van der Waals surface area (Å²) in [5, 5.41) is 1.12. The molecule has 0 aliphatic heterocycles. The number of rotatable bonds is 4. The molecule has 160 valence electrons. The third-order valence-corrected chi connectivity index (χ3v) is 5.77. The van der Waals surface area contributed by atoms with Gasteiger partial charge in [0.15, 0.2) is 5.82 Å². The summed E-state index contributed by atoms with van der Waals surface area (Å²) in [4.78, 5) is 18.3. The molecule has 5 aromatic heterocycles. The van der Waals surface area contributed by atoms with E-state index in [2.05, 4.69) is 66.6 Å². The molecule has 0 radical (unpaired) electrons. The SMILES string of the molecule is Cc1cc(-n2cc(-c3nccn3C)nc2-c2ccc(-n3ccc4cccnc43)cc2)ccn1. The molecular weight excluding hydrogens is 410 g/mol. The van der Waals surface area contributed by atoms with Gasteiger partial charge in [0, 0.05) is 66.6 Å². The van der Waals surface area contributed by atoms with Gasteiger partial charge in [-0.3, -0.25) is 9.55 Å². The van der Waals surface area contributed by atoms with Crippen molar-refractivity contribution in [1.82, 2.24) is 33.6 Å². The van der Waals surface area contributed by atoms with E-state index in [0.29, 0.717) is 0 Å². The zero-order chi connectivity index (χ0) is 22.4. The van der Waals surface area contributed by atoms with Crippen LogP contribution in [0.2, 0.25) is 0 Å². The molecule has 0 bridgehead atoms. The van der Waals surface area contributed by atoms with E-state index < -0.39 is 0 Å². The molecule has 0 unspecified atom stereocenters. The van der Waals surface area contributed by atoms with Crippen LogP contribution in [0.25, 0.3) is 45.3 Å². The third kappa shape index (κ3) is 3.30. The fraction of sp³-hybridized carbons (Fsp3) is 0.0769. The Bertz CT molecular complexity index is 1580. The van der Waals surface area contributed by atoms with Crippen molar-refractivity contribution >= 4 is 11.0 Å². The van der Waals surface area contributed by atoms with Crippen LogP contribution in [0.1, 0.15) is 5.69 Å². The van der Waals surface area contributed by atoms with Crippen molar-refractivity contribution in [2.24, 2.45) is 7.05 Å². The maximum absolute atomic E-state index is 4.97. The summed E-state index contributed by atoms with van der Waals surface area (Å²) in [6.45, 7) is 1.99. The molecule has 1 aromatic carbocycles. The van der Waals surface area contributed by atoms with Gasteiger partial charge in [0.25, 0.3) is 0 Å². The second kappa shape index (κ2) is 7.56. The van der Waals surface area contributed by atoms with Crippen LogP contribution in [-0.2, 0) is 7.05 Å². The Balaban J connectivity index is 1.47. The minimum Gasteiger partial charge on any atom is -0.333 e. The fourth-order valence-corrected chi connectivity index (χ4v) is 4.13. The van der Waals surface area contributed by atoms with Crippen molar-refractivity contribution in [2.75, 3.05) is 0 Å². The van der Waals surface area contributed by atoms with E-state index in [-0.39, 0.29) is 0 Å². The van der Waals surface area contributed by atoms with Gasteiger partial charge in [-0.1, -0.05) is 0 Å². The minimum atomic E-state index is 0.816. The van der Waals surface area contributed by atoms with Gasteiger partial charge < -0.3 is 9.13 Å². The predicted octanol–water partition coefficient (Wildman–Crippen LogP) is 4.98. The number of fused-ring (bicyclic) bond motifs is 1. The molecule has 0 spiro atoms. The molecule has 6 rings (SSSR count). The lowest BCUT2D eigenvalue weighted by atomic mass is 10.2. The minimum absolute atomic E-state index is 0.816. The van der Waals surface area contributed by atoms with Gasteiger partial charge >= 0.3 is 0 Å². The van der Waals surface area contributed by atoms with Crippen LogP contribution >= 0.6 is 0 Å². The number of aryl methyl sites for hydroxylation is 2. The van der Waals surface area contributed by atoms with Crippen LogP contribution in [0.4, 0.5) is 0 Å². The molecule has 0 saturated carbocycles. The van der Waals surface area contributed by atoms with Gasteiger partial charge in [-0.15, -0.1) is 0 Å². The highest BCUT2D eigenvalue weighted by atomic mass is 15.1. The zero-order valence-electron chi connectivity index (χ0n) is 18.3. The Hall–Kier alpha value is -4.52.